The van der Waals surface area contributed by atoms with E-state index in [4.69, 9.17) is 0 Å². The average Bonchev–Trinajstić information content (AvgIpc) is 2.32. The van der Waals surface area contributed by atoms with Crippen molar-refractivity contribution >= 4 is 5.57 Å². The molecule has 0 aliphatic rings. The molecule has 17 heavy (non-hydrogen) atoms. The van der Waals surface area contributed by atoms with Crippen molar-refractivity contribution in [3.05, 3.63) is 66.0 Å². The van der Waals surface area contributed by atoms with Crippen LogP contribution < -0.4 is 0 Å². The van der Waals surface area contributed by atoms with Crippen LogP contribution in [0.5, 0.6) is 0 Å². The number of aryl methyl sites for hydroxylation is 1. The Hall–Kier alpha value is -1.63. The van der Waals surface area contributed by atoms with Crippen molar-refractivity contribution in [2.24, 2.45) is 0 Å². The minimum Gasteiger partial charge on any atom is -0.207 e. The van der Waals surface area contributed by atoms with Gasteiger partial charge in [-0.2, -0.15) is 0 Å². The molecule has 92 valence electrons. The van der Waals surface area contributed by atoms with Gasteiger partial charge in [0.05, 0.1) is 0 Å². The van der Waals surface area contributed by atoms with Crippen LogP contribution in [0.15, 0.2) is 49.1 Å². The number of halogens is 1. The van der Waals surface area contributed by atoms with Crippen molar-refractivity contribution < 1.29 is 4.39 Å². The Morgan fingerprint density at radius 2 is 1.76 bits per heavy atom. The molecule has 0 bridgehead atoms. The fourth-order valence-corrected chi connectivity index (χ4v) is 1.18. The normalized spacial score (nSPS) is 9.71. The molecule has 0 heterocycles. The van der Waals surface area contributed by atoms with Gasteiger partial charge in [-0.3, -0.25) is 0 Å². The van der Waals surface area contributed by atoms with Gasteiger partial charge in [0.1, 0.15) is 5.82 Å². The van der Waals surface area contributed by atoms with Crippen LogP contribution >= 0.6 is 0 Å². The molecule has 0 amide bonds. The van der Waals surface area contributed by atoms with Crippen LogP contribution in [0.3, 0.4) is 0 Å². The Bertz CT molecular complexity index is 425. The first kappa shape index (κ1) is 15.4. The summed E-state index contributed by atoms with van der Waals surface area (Å²) in [4.78, 5) is 0. The highest BCUT2D eigenvalue weighted by Gasteiger charge is 1.99. The van der Waals surface area contributed by atoms with Gasteiger partial charge in [-0.05, 0) is 42.7 Å². The monoisotopic (exact) mass is 232 g/mol. The largest absolute Gasteiger partial charge is 0.207 e. The maximum Gasteiger partial charge on any atom is 0.126 e. The Balaban J connectivity index is 0.00000121. The lowest BCUT2D eigenvalue weighted by Crippen LogP contribution is -1.85. The highest BCUT2D eigenvalue weighted by atomic mass is 19.1. The lowest BCUT2D eigenvalue weighted by atomic mass is 10.0. The van der Waals surface area contributed by atoms with E-state index in [1.54, 1.807) is 19.1 Å². The quantitative estimate of drug-likeness (QED) is 0.620. The van der Waals surface area contributed by atoms with Crippen LogP contribution in [-0.2, 0) is 0 Å². The van der Waals surface area contributed by atoms with Gasteiger partial charge in [0.25, 0.3) is 0 Å². The summed E-state index contributed by atoms with van der Waals surface area (Å²) in [6.45, 7) is 15.3. The summed E-state index contributed by atoms with van der Waals surface area (Å²) in [5.41, 5.74) is 3.40. The lowest BCUT2D eigenvalue weighted by molar-refractivity contribution is 0.618. The molecule has 0 aromatic heterocycles. The second-order valence-electron chi connectivity index (χ2n) is 3.67. The molecular weight excluding hydrogens is 211 g/mol. The first-order valence-corrected chi connectivity index (χ1v) is 5.79. The Kier molecular flexibility index (Phi) is 6.88. The molecule has 1 aromatic carbocycles. The summed E-state index contributed by atoms with van der Waals surface area (Å²) in [5.74, 6) is -0.185. The van der Waals surface area contributed by atoms with Crippen LogP contribution in [0.25, 0.3) is 5.57 Å². The molecule has 0 aliphatic heterocycles. The number of hydrogen-bond acceptors (Lipinski definition) is 0. The third-order valence-electron chi connectivity index (χ3n) is 2.10. The van der Waals surface area contributed by atoms with Crippen molar-refractivity contribution in [1.29, 1.82) is 0 Å². The number of rotatable bonds is 3. The Morgan fingerprint density at radius 1 is 1.18 bits per heavy atom. The van der Waals surface area contributed by atoms with E-state index in [1.165, 1.54) is 6.07 Å². The smallest absolute Gasteiger partial charge is 0.126 e. The van der Waals surface area contributed by atoms with Gasteiger partial charge in [-0.25, -0.2) is 4.39 Å². The Labute approximate surface area is 104 Å². The molecule has 1 aromatic rings. The van der Waals surface area contributed by atoms with Gasteiger partial charge in [-0.1, -0.05) is 50.8 Å². The molecule has 0 atom stereocenters. The van der Waals surface area contributed by atoms with E-state index in [0.29, 0.717) is 5.56 Å². The molecule has 0 aliphatic carbocycles. The average molecular weight is 232 g/mol. The zero-order valence-corrected chi connectivity index (χ0v) is 11.2. The second kappa shape index (κ2) is 7.61. The van der Waals surface area contributed by atoms with Crippen molar-refractivity contribution in [1.82, 2.24) is 0 Å². The molecule has 0 N–H and O–H groups in total. The van der Waals surface area contributed by atoms with Crippen LogP contribution in [0.2, 0.25) is 0 Å². The maximum absolute atomic E-state index is 13.0. The van der Waals surface area contributed by atoms with E-state index in [0.717, 1.165) is 16.7 Å². The molecule has 0 unspecified atom stereocenters. The van der Waals surface area contributed by atoms with E-state index in [9.17, 15) is 4.39 Å². The van der Waals surface area contributed by atoms with Crippen LogP contribution in [0, 0.1) is 12.7 Å². The molecular formula is C16H21F. The minimum absolute atomic E-state index is 0.185. The van der Waals surface area contributed by atoms with Gasteiger partial charge in [0.15, 0.2) is 0 Å². The van der Waals surface area contributed by atoms with Gasteiger partial charge in [-0.15, -0.1) is 0 Å². The van der Waals surface area contributed by atoms with E-state index in [-0.39, 0.29) is 5.82 Å². The van der Waals surface area contributed by atoms with E-state index in [1.807, 2.05) is 32.9 Å². The molecule has 0 spiro atoms. The third-order valence-corrected chi connectivity index (χ3v) is 2.10. The van der Waals surface area contributed by atoms with Crippen molar-refractivity contribution in [2.75, 3.05) is 0 Å². The van der Waals surface area contributed by atoms with Crippen molar-refractivity contribution in [3.63, 3.8) is 0 Å². The van der Waals surface area contributed by atoms with E-state index < -0.39 is 0 Å². The second-order valence-corrected chi connectivity index (χ2v) is 3.67. The van der Waals surface area contributed by atoms with Gasteiger partial charge < -0.3 is 0 Å². The van der Waals surface area contributed by atoms with Crippen LogP contribution in [0.1, 0.15) is 31.9 Å². The predicted octanol–water partition coefficient (Wildman–Crippen LogP) is 5.31. The molecule has 0 nitrogen and oxygen atoms in total. The fraction of sp³-hybridized carbons (Fsp3) is 0.250. The summed E-state index contributed by atoms with van der Waals surface area (Å²) in [5, 5.41) is 0. The van der Waals surface area contributed by atoms with E-state index in [2.05, 4.69) is 13.2 Å². The van der Waals surface area contributed by atoms with Crippen LogP contribution in [-0.4, -0.2) is 0 Å². The summed E-state index contributed by atoms with van der Waals surface area (Å²) >= 11 is 0. The summed E-state index contributed by atoms with van der Waals surface area (Å²) in [6.07, 6.45) is 3.77. The summed E-state index contributed by atoms with van der Waals surface area (Å²) < 4.78 is 13.0. The zero-order chi connectivity index (χ0) is 13.4. The van der Waals surface area contributed by atoms with Gasteiger partial charge in [0.2, 0.25) is 0 Å². The first-order valence-electron chi connectivity index (χ1n) is 5.79. The number of hydrogen-bond donors (Lipinski definition) is 0. The molecule has 0 radical (unpaired) electrons. The molecule has 0 fully saturated rings. The maximum atomic E-state index is 13.0. The Morgan fingerprint density at radius 3 is 2.24 bits per heavy atom. The number of allylic oxidation sites excluding steroid dienone is 4. The summed E-state index contributed by atoms with van der Waals surface area (Å²) in [6, 6.07) is 4.98. The molecule has 1 heteroatoms. The van der Waals surface area contributed by atoms with Gasteiger partial charge >= 0.3 is 0 Å². The van der Waals surface area contributed by atoms with Crippen molar-refractivity contribution in [3.8, 4) is 0 Å². The topological polar surface area (TPSA) is 0 Å². The van der Waals surface area contributed by atoms with Crippen LogP contribution in [0.4, 0.5) is 4.39 Å². The molecule has 0 saturated heterocycles. The highest BCUT2D eigenvalue weighted by Crippen LogP contribution is 2.17. The predicted molar refractivity (Wildman–Crippen MR) is 75.5 cm³/mol. The fourth-order valence-electron chi connectivity index (χ4n) is 1.18. The van der Waals surface area contributed by atoms with E-state index >= 15 is 0 Å². The lowest BCUT2D eigenvalue weighted by Gasteiger charge is -2.03. The molecule has 0 saturated carbocycles. The molecule has 1 rings (SSSR count). The minimum atomic E-state index is -0.185. The van der Waals surface area contributed by atoms with Gasteiger partial charge in [0, 0.05) is 0 Å². The standard InChI is InChI=1S/C14H15F.C2H6/c1-10(2)5-6-11(3)13-7-8-14(15)12(4)9-13;1-2/h5-9H,1,3H2,2,4H3;1-2H3/b6-5-;. The zero-order valence-electron chi connectivity index (χ0n) is 11.2. The number of benzene rings is 1. The third kappa shape index (κ3) is 5.30. The highest BCUT2D eigenvalue weighted by molar-refractivity contribution is 5.72. The first-order chi connectivity index (χ1) is 8.00. The van der Waals surface area contributed by atoms with Crippen molar-refractivity contribution in [2.45, 2.75) is 27.7 Å². The summed E-state index contributed by atoms with van der Waals surface area (Å²) in [7, 11) is 0. The SMILES string of the molecule is C=C(C)/C=C\C(=C)c1ccc(F)c(C)c1.CC.